The molecule has 0 radical (unpaired) electrons. The lowest BCUT2D eigenvalue weighted by molar-refractivity contribution is -0.144. The van der Waals surface area contributed by atoms with Gasteiger partial charge in [-0.05, 0) is 30.7 Å². The molecule has 0 unspecified atom stereocenters. The van der Waals surface area contributed by atoms with E-state index in [4.69, 9.17) is 4.74 Å². The molecule has 0 saturated carbocycles. The van der Waals surface area contributed by atoms with Crippen molar-refractivity contribution in [1.29, 1.82) is 0 Å². The number of hydrogen-bond acceptors (Lipinski definition) is 4. The minimum atomic E-state index is -0.494. The molecule has 0 spiro atoms. The summed E-state index contributed by atoms with van der Waals surface area (Å²) in [5, 5.41) is 0. The summed E-state index contributed by atoms with van der Waals surface area (Å²) in [5.74, 6) is -0.685. The van der Waals surface area contributed by atoms with Crippen molar-refractivity contribution >= 4 is 17.8 Å². The molecule has 0 amide bonds. The number of esters is 1. The molecule has 4 nitrogen and oxygen atoms in total. The third-order valence-electron chi connectivity index (χ3n) is 1.75. The van der Waals surface area contributed by atoms with Gasteiger partial charge in [-0.15, -0.1) is 0 Å². The maximum Gasteiger partial charge on any atom is 0.313 e. The molecule has 0 aliphatic rings. The van der Waals surface area contributed by atoms with Gasteiger partial charge < -0.3 is 4.74 Å². The van der Waals surface area contributed by atoms with Crippen LogP contribution in [-0.4, -0.2) is 23.3 Å². The van der Waals surface area contributed by atoms with Crippen LogP contribution in [0, 0.1) is 0 Å². The Balaban J connectivity index is 2.28. The van der Waals surface area contributed by atoms with Crippen LogP contribution in [0.25, 0.3) is 6.08 Å². The van der Waals surface area contributed by atoms with E-state index in [1.807, 2.05) is 18.2 Å². The summed E-state index contributed by atoms with van der Waals surface area (Å²) in [4.78, 5) is 25.4. The van der Waals surface area contributed by atoms with E-state index >= 15 is 0 Å². The lowest BCUT2D eigenvalue weighted by Gasteiger charge is -1.98. The first-order chi connectivity index (χ1) is 7.68. The molecule has 0 atom stereocenters. The number of rotatable bonds is 5. The van der Waals surface area contributed by atoms with Crippen LogP contribution < -0.4 is 0 Å². The zero-order chi connectivity index (χ0) is 11.8. The lowest BCUT2D eigenvalue weighted by atomic mass is 10.2. The van der Waals surface area contributed by atoms with Crippen molar-refractivity contribution < 1.29 is 14.3 Å². The number of Topliss-reactive ketones (excluding diaryl/α,β-unsaturated/α-hetero) is 1. The lowest BCUT2D eigenvalue weighted by Crippen LogP contribution is -2.08. The number of hydrogen-bond donors (Lipinski definition) is 0. The van der Waals surface area contributed by atoms with E-state index < -0.39 is 5.97 Å². The molecule has 0 saturated heterocycles. The SMILES string of the molecule is CC(=O)CC(=O)OCC=Cc1ccncc1. The molecular formula is C12H13NO3. The van der Waals surface area contributed by atoms with Crippen LogP contribution in [0.5, 0.6) is 0 Å². The largest absolute Gasteiger partial charge is 0.461 e. The monoisotopic (exact) mass is 219 g/mol. The summed E-state index contributed by atoms with van der Waals surface area (Å²) in [6.45, 7) is 1.53. The molecule has 1 aromatic rings. The Labute approximate surface area is 94.0 Å². The number of aromatic nitrogens is 1. The molecule has 16 heavy (non-hydrogen) atoms. The Kier molecular flexibility index (Phi) is 4.92. The van der Waals surface area contributed by atoms with Crippen molar-refractivity contribution in [3.8, 4) is 0 Å². The Bertz CT molecular complexity index is 385. The highest BCUT2D eigenvalue weighted by Gasteiger charge is 2.04. The Morgan fingerprint density at radius 3 is 2.69 bits per heavy atom. The van der Waals surface area contributed by atoms with Gasteiger partial charge in [0.2, 0.25) is 0 Å². The van der Waals surface area contributed by atoms with Crippen LogP contribution >= 0.6 is 0 Å². The molecule has 0 aliphatic heterocycles. The molecule has 0 N–H and O–H groups in total. The van der Waals surface area contributed by atoms with Gasteiger partial charge in [0, 0.05) is 12.4 Å². The van der Waals surface area contributed by atoms with E-state index in [2.05, 4.69) is 4.98 Å². The zero-order valence-electron chi connectivity index (χ0n) is 9.05. The summed E-state index contributed by atoms with van der Waals surface area (Å²) >= 11 is 0. The molecule has 84 valence electrons. The number of pyridine rings is 1. The van der Waals surface area contributed by atoms with E-state index in [0.29, 0.717) is 0 Å². The summed E-state index contributed by atoms with van der Waals surface area (Å²) in [6, 6.07) is 3.68. The zero-order valence-corrected chi connectivity index (χ0v) is 9.05. The fourth-order valence-corrected chi connectivity index (χ4v) is 1.05. The highest BCUT2D eigenvalue weighted by Crippen LogP contribution is 1.99. The van der Waals surface area contributed by atoms with Gasteiger partial charge in [0.05, 0.1) is 0 Å². The van der Waals surface area contributed by atoms with Crippen molar-refractivity contribution in [3.05, 3.63) is 36.2 Å². The molecule has 0 aliphatic carbocycles. The van der Waals surface area contributed by atoms with Crippen LogP contribution in [0.2, 0.25) is 0 Å². The number of ether oxygens (including phenoxy) is 1. The summed E-state index contributed by atoms with van der Waals surface area (Å²) in [5.41, 5.74) is 0.984. The average molecular weight is 219 g/mol. The number of carbonyl (C=O) groups excluding carboxylic acids is 2. The van der Waals surface area contributed by atoms with Crippen molar-refractivity contribution in [2.45, 2.75) is 13.3 Å². The molecule has 1 rings (SSSR count). The summed E-state index contributed by atoms with van der Waals surface area (Å²) in [7, 11) is 0. The van der Waals surface area contributed by atoms with E-state index in [1.54, 1.807) is 18.5 Å². The molecule has 0 bridgehead atoms. The summed E-state index contributed by atoms with van der Waals surface area (Å²) in [6.07, 6.45) is 6.74. The maximum absolute atomic E-state index is 11.0. The minimum Gasteiger partial charge on any atom is -0.461 e. The Hall–Kier alpha value is -1.97. The quantitative estimate of drug-likeness (QED) is 0.557. The minimum absolute atomic E-state index is 0.164. The normalized spacial score (nSPS) is 10.3. The van der Waals surface area contributed by atoms with E-state index in [0.717, 1.165) is 5.56 Å². The van der Waals surface area contributed by atoms with Gasteiger partial charge in [0.15, 0.2) is 0 Å². The standard InChI is InChI=1S/C12H13NO3/c1-10(14)9-12(15)16-8-2-3-11-4-6-13-7-5-11/h2-7H,8-9H2,1H3. The van der Waals surface area contributed by atoms with Crippen molar-refractivity contribution in [1.82, 2.24) is 4.98 Å². The number of carbonyl (C=O) groups is 2. The van der Waals surface area contributed by atoms with Crippen LogP contribution in [0.3, 0.4) is 0 Å². The summed E-state index contributed by atoms with van der Waals surface area (Å²) < 4.78 is 4.81. The van der Waals surface area contributed by atoms with E-state index in [9.17, 15) is 9.59 Å². The second kappa shape index (κ2) is 6.50. The predicted octanol–water partition coefficient (Wildman–Crippen LogP) is 1.62. The van der Waals surface area contributed by atoms with Crippen LogP contribution in [0.1, 0.15) is 18.9 Å². The number of nitrogens with zero attached hydrogens (tertiary/aromatic N) is 1. The van der Waals surface area contributed by atoms with E-state index in [1.165, 1.54) is 6.92 Å². The van der Waals surface area contributed by atoms with Gasteiger partial charge in [-0.2, -0.15) is 0 Å². The van der Waals surface area contributed by atoms with Gasteiger partial charge >= 0.3 is 5.97 Å². The Morgan fingerprint density at radius 2 is 2.06 bits per heavy atom. The Morgan fingerprint density at radius 1 is 1.38 bits per heavy atom. The topological polar surface area (TPSA) is 56.3 Å². The van der Waals surface area contributed by atoms with E-state index in [-0.39, 0.29) is 18.8 Å². The van der Waals surface area contributed by atoms with Gasteiger partial charge in [-0.3, -0.25) is 14.6 Å². The third-order valence-corrected chi connectivity index (χ3v) is 1.75. The molecule has 1 heterocycles. The highest BCUT2D eigenvalue weighted by molar-refractivity contribution is 5.94. The van der Waals surface area contributed by atoms with Crippen molar-refractivity contribution in [2.75, 3.05) is 6.61 Å². The second-order valence-corrected chi connectivity index (χ2v) is 3.24. The average Bonchev–Trinajstić information content (AvgIpc) is 2.25. The smallest absolute Gasteiger partial charge is 0.313 e. The predicted molar refractivity (Wildman–Crippen MR) is 59.5 cm³/mol. The highest BCUT2D eigenvalue weighted by atomic mass is 16.5. The van der Waals surface area contributed by atoms with Crippen LogP contribution in [0.4, 0.5) is 0 Å². The first kappa shape index (κ1) is 12.1. The molecule has 1 aromatic heterocycles. The first-order valence-corrected chi connectivity index (χ1v) is 4.90. The molecule has 0 fully saturated rings. The number of ketones is 1. The van der Waals surface area contributed by atoms with Gasteiger partial charge in [0.25, 0.3) is 0 Å². The molecule has 4 heteroatoms. The molecule has 0 aromatic carbocycles. The van der Waals surface area contributed by atoms with Crippen molar-refractivity contribution in [3.63, 3.8) is 0 Å². The van der Waals surface area contributed by atoms with Crippen molar-refractivity contribution in [2.24, 2.45) is 0 Å². The fourth-order valence-electron chi connectivity index (χ4n) is 1.05. The molecular weight excluding hydrogens is 206 g/mol. The van der Waals surface area contributed by atoms with Gasteiger partial charge in [-0.1, -0.05) is 6.08 Å². The fraction of sp³-hybridized carbons (Fsp3) is 0.250. The van der Waals surface area contributed by atoms with Gasteiger partial charge in [0.1, 0.15) is 18.8 Å². The van der Waals surface area contributed by atoms with Crippen LogP contribution in [0.15, 0.2) is 30.6 Å². The van der Waals surface area contributed by atoms with Crippen LogP contribution in [-0.2, 0) is 14.3 Å². The first-order valence-electron chi connectivity index (χ1n) is 4.90. The second-order valence-electron chi connectivity index (χ2n) is 3.24. The third kappa shape index (κ3) is 5.05. The van der Waals surface area contributed by atoms with Gasteiger partial charge in [-0.25, -0.2) is 0 Å². The maximum atomic E-state index is 11.0.